The summed E-state index contributed by atoms with van der Waals surface area (Å²) in [4.78, 5) is 19.4. The summed E-state index contributed by atoms with van der Waals surface area (Å²) in [6.45, 7) is 6.52. The molecule has 122 valence electrons. The molecule has 1 fully saturated rings. The number of fused-ring (bicyclic) bond motifs is 1. The smallest absolute Gasteiger partial charge is 0.265 e. The molecule has 4 rings (SSSR count). The molecule has 4 unspecified atom stereocenters. The van der Waals surface area contributed by atoms with Crippen LogP contribution >= 0.6 is 11.8 Å². The lowest BCUT2D eigenvalue weighted by atomic mass is 9.90. The molecule has 2 aromatic heterocycles. The molecule has 7 heteroatoms. The summed E-state index contributed by atoms with van der Waals surface area (Å²) in [5.41, 5.74) is 0. The van der Waals surface area contributed by atoms with Crippen LogP contribution in [0.5, 0.6) is 0 Å². The van der Waals surface area contributed by atoms with Gasteiger partial charge in [-0.2, -0.15) is 9.78 Å². The number of hydrogen-bond donors (Lipinski definition) is 0. The molecule has 0 amide bonds. The third-order valence-electron chi connectivity index (χ3n) is 4.61. The van der Waals surface area contributed by atoms with Crippen molar-refractivity contribution >= 4 is 17.7 Å². The van der Waals surface area contributed by atoms with E-state index in [0.29, 0.717) is 17.0 Å². The Morgan fingerprint density at radius 1 is 1.35 bits per heavy atom. The number of rotatable bonds is 3. The third-order valence-corrected chi connectivity index (χ3v) is 5.82. The van der Waals surface area contributed by atoms with Gasteiger partial charge in [0, 0.05) is 13.1 Å². The first kappa shape index (κ1) is 15.0. The topological polar surface area (TPSA) is 64.2 Å². The number of aromatic nitrogens is 3. The first-order chi connectivity index (χ1) is 11.1. The zero-order chi connectivity index (χ0) is 16.0. The van der Waals surface area contributed by atoms with E-state index in [9.17, 15) is 4.79 Å². The maximum atomic E-state index is 12.8. The molecule has 4 atom stereocenters. The summed E-state index contributed by atoms with van der Waals surface area (Å²) in [6.07, 6.45) is 4.35. The molecule has 4 heterocycles. The van der Waals surface area contributed by atoms with E-state index < -0.39 is 0 Å². The summed E-state index contributed by atoms with van der Waals surface area (Å²) < 4.78 is 7.12. The van der Waals surface area contributed by atoms with Gasteiger partial charge in [0.25, 0.3) is 5.91 Å². The highest BCUT2D eigenvalue weighted by Gasteiger charge is 2.44. The summed E-state index contributed by atoms with van der Waals surface area (Å²) in [7, 11) is 0. The van der Waals surface area contributed by atoms with Crippen molar-refractivity contribution in [2.45, 2.75) is 36.7 Å². The molecular formula is C16H20N4O2S. The Morgan fingerprint density at radius 3 is 2.78 bits per heavy atom. The average molecular weight is 332 g/mol. The minimum Gasteiger partial charge on any atom is -0.468 e. The van der Waals surface area contributed by atoms with Crippen LogP contribution in [0.25, 0.3) is 0 Å². The van der Waals surface area contributed by atoms with Gasteiger partial charge in [0.1, 0.15) is 17.3 Å². The van der Waals surface area contributed by atoms with Crippen molar-refractivity contribution in [1.82, 2.24) is 19.7 Å². The highest BCUT2D eigenvalue weighted by atomic mass is 32.2. The predicted molar refractivity (Wildman–Crippen MR) is 86.3 cm³/mol. The number of carbonyl (C=O) groups excluding carboxylic acids is 1. The minimum absolute atomic E-state index is 0.00483. The molecular weight excluding hydrogens is 312 g/mol. The van der Waals surface area contributed by atoms with E-state index in [1.165, 1.54) is 29.2 Å². The quantitative estimate of drug-likeness (QED) is 0.861. The van der Waals surface area contributed by atoms with Crippen LogP contribution in [0.3, 0.4) is 0 Å². The van der Waals surface area contributed by atoms with Crippen LogP contribution in [0, 0.1) is 11.8 Å². The molecule has 2 aromatic rings. The molecule has 0 saturated carbocycles. The highest BCUT2D eigenvalue weighted by Crippen LogP contribution is 2.42. The van der Waals surface area contributed by atoms with Crippen LogP contribution in [0.1, 0.15) is 36.9 Å². The number of carbonyl (C=O) groups is 1. The van der Waals surface area contributed by atoms with Crippen molar-refractivity contribution in [2.24, 2.45) is 11.8 Å². The standard InChI is InChI=1S/C16H20N4O2S/c1-10-6-11(2)8-19(7-10)13(12-4-3-5-22-12)14-15(21)20-16(23-14)17-9-18-20/h3-5,9-11,13-14H,6-8H2,1-2H3. The Kier molecular flexibility index (Phi) is 3.77. The van der Waals surface area contributed by atoms with Crippen molar-refractivity contribution < 1.29 is 9.21 Å². The number of likely N-dealkylation sites (tertiary alicyclic amines) is 1. The fourth-order valence-corrected chi connectivity index (χ4v) is 5.07. The van der Waals surface area contributed by atoms with Gasteiger partial charge in [0.15, 0.2) is 5.16 Å². The van der Waals surface area contributed by atoms with Gasteiger partial charge in [-0.25, -0.2) is 4.98 Å². The first-order valence-corrected chi connectivity index (χ1v) is 8.90. The van der Waals surface area contributed by atoms with Crippen LogP contribution in [-0.2, 0) is 0 Å². The van der Waals surface area contributed by atoms with Gasteiger partial charge >= 0.3 is 0 Å². The third kappa shape index (κ3) is 2.61. The zero-order valence-corrected chi connectivity index (χ0v) is 14.1. The highest BCUT2D eigenvalue weighted by molar-refractivity contribution is 8.00. The number of hydrogen-bond acceptors (Lipinski definition) is 6. The lowest BCUT2D eigenvalue weighted by Crippen LogP contribution is -2.45. The number of thioether (sulfide) groups is 1. The van der Waals surface area contributed by atoms with Crippen molar-refractivity contribution in [3.63, 3.8) is 0 Å². The lowest BCUT2D eigenvalue weighted by molar-refractivity contribution is 0.0660. The van der Waals surface area contributed by atoms with Gasteiger partial charge in [-0.1, -0.05) is 25.6 Å². The molecule has 23 heavy (non-hydrogen) atoms. The molecule has 0 bridgehead atoms. The molecule has 6 nitrogen and oxygen atoms in total. The summed E-state index contributed by atoms with van der Waals surface area (Å²) in [5, 5.41) is 4.47. The number of furan rings is 1. The molecule has 0 N–H and O–H groups in total. The van der Waals surface area contributed by atoms with E-state index in [-0.39, 0.29) is 17.2 Å². The minimum atomic E-state index is -0.255. The maximum Gasteiger partial charge on any atom is 0.265 e. The van der Waals surface area contributed by atoms with Crippen molar-refractivity contribution in [3.05, 3.63) is 30.5 Å². The molecule has 0 aliphatic carbocycles. The van der Waals surface area contributed by atoms with Gasteiger partial charge in [0.2, 0.25) is 0 Å². The molecule has 2 aliphatic heterocycles. The number of nitrogens with zero attached hydrogens (tertiary/aromatic N) is 4. The van der Waals surface area contributed by atoms with Gasteiger partial charge < -0.3 is 4.42 Å². The van der Waals surface area contributed by atoms with E-state index >= 15 is 0 Å². The predicted octanol–water partition coefficient (Wildman–Crippen LogP) is 2.70. The SMILES string of the molecule is CC1CC(C)CN(C(c2ccco2)C2Sc3ncnn3C2=O)C1. The van der Waals surface area contributed by atoms with Crippen LogP contribution < -0.4 is 0 Å². The van der Waals surface area contributed by atoms with Crippen LogP contribution in [0.4, 0.5) is 0 Å². The van der Waals surface area contributed by atoms with Gasteiger partial charge in [-0.15, -0.1) is 0 Å². The zero-order valence-electron chi connectivity index (χ0n) is 13.3. The Labute approximate surface area is 139 Å². The Bertz CT molecular complexity index is 689. The largest absolute Gasteiger partial charge is 0.468 e. The van der Waals surface area contributed by atoms with E-state index in [2.05, 4.69) is 28.8 Å². The van der Waals surface area contributed by atoms with Gasteiger partial charge in [-0.3, -0.25) is 9.69 Å². The fourth-order valence-electron chi connectivity index (χ4n) is 3.86. The van der Waals surface area contributed by atoms with Crippen LogP contribution in [-0.4, -0.2) is 43.9 Å². The first-order valence-electron chi connectivity index (χ1n) is 8.02. The fraction of sp³-hybridized carbons (Fsp3) is 0.562. The van der Waals surface area contributed by atoms with E-state index in [1.54, 1.807) is 6.26 Å². The maximum absolute atomic E-state index is 12.8. The van der Waals surface area contributed by atoms with Crippen LogP contribution in [0.15, 0.2) is 34.3 Å². The Morgan fingerprint density at radius 2 is 2.13 bits per heavy atom. The Balaban J connectivity index is 1.67. The lowest BCUT2D eigenvalue weighted by Gasteiger charge is -2.40. The summed E-state index contributed by atoms with van der Waals surface area (Å²) in [6, 6.07) is 3.79. The average Bonchev–Trinajstić information content (AvgIpc) is 3.20. The monoisotopic (exact) mass is 332 g/mol. The van der Waals surface area contributed by atoms with Crippen molar-refractivity contribution in [2.75, 3.05) is 13.1 Å². The second-order valence-corrected chi connectivity index (χ2v) is 7.80. The van der Waals surface area contributed by atoms with Gasteiger partial charge in [-0.05, 0) is 30.4 Å². The second-order valence-electron chi connectivity index (χ2n) is 6.69. The van der Waals surface area contributed by atoms with E-state index in [1.807, 2.05) is 12.1 Å². The molecule has 0 spiro atoms. The number of piperidine rings is 1. The van der Waals surface area contributed by atoms with Gasteiger partial charge in [0.05, 0.1) is 12.3 Å². The summed E-state index contributed by atoms with van der Waals surface area (Å²) >= 11 is 1.49. The Hall–Kier alpha value is -1.60. The van der Waals surface area contributed by atoms with Crippen LogP contribution in [0.2, 0.25) is 0 Å². The van der Waals surface area contributed by atoms with Crippen molar-refractivity contribution in [3.8, 4) is 0 Å². The van der Waals surface area contributed by atoms with Crippen molar-refractivity contribution in [1.29, 1.82) is 0 Å². The second kappa shape index (κ2) is 5.79. The summed E-state index contributed by atoms with van der Waals surface area (Å²) in [5.74, 6) is 2.08. The van der Waals surface area contributed by atoms with E-state index in [0.717, 1.165) is 18.8 Å². The molecule has 0 radical (unpaired) electrons. The molecule has 0 aromatic carbocycles. The van der Waals surface area contributed by atoms with E-state index in [4.69, 9.17) is 4.42 Å². The molecule has 1 saturated heterocycles. The molecule has 2 aliphatic rings. The normalized spacial score (nSPS) is 29.7.